The maximum absolute atomic E-state index is 12.6. The molecule has 2 aliphatic rings. The highest BCUT2D eigenvalue weighted by atomic mass is 19.4. The molecule has 2 aromatic rings. The smallest absolute Gasteiger partial charge is 0.474 e. The van der Waals surface area contributed by atoms with Gasteiger partial charge in [-0.1, -0.05) is 24.3 Å². The van der Waals surface area contributed by atoms with E-state index in [1.54, 1.807) is 0 Å². The van der Waals surface area contributed by atoms with Gasteiger partial charge in [0.15, 0.2) is 6.73 Å². The summed E-state index contributed by atoms with van der Waals surface area (Å²) in [7, 11) is 0. The van der Waals surface area contributed by atoms with Crippen LogP contribution in [0.1, 0.15) is 24.2 Å². The number of urea groups is 1. The van der Waals surface area contributed by atoms with Crippen LogP contribution in [0.4, 0.5) is 23.7 Å². The summed E-state index contributed by atoms with van der Waals surface area (Å²) in [5.41, 5.74) is 4.58. The van der Waals surface area contributed by atoms with Crippen molar-refractivity contribution in [1.82, 2.24) is 10.4 Å². The van der Waals surface area contributed by atoms with Gasteiger partial charge in [0, 0.05) is 5.69 Å². The van der Waals surface area contributed by atoms with E-state index in [1.807, 2.05) is 30.3 Å². The topological polar surface area (TPSA) is 53.6 Å². The molecule has 0 spiro atoms. The maximum atomic E-state index is 12.6. The van der Waals surface area contributed by atoms with E-state index < -0.39 is 17.8 Å². The Kier molecular flexibility index (Phi) is 3.84. The fraction of sp³-hybridized carbons (Fsp3) is 0.167. The first kappa shape index (κ1) is 16.5. The Morgan fingerprint density at radius 2 is 1.92 bits per heavy atom. The van der Waals surface area contributed by atoms with Crippen molar-refractivity contribution in [2.75, 3.05) is 12.0 Å². The summed E-state index contributed by atoms with van der Waals surface area (Å²) < 4.78 is 43.4. The first-order chi connectivity index (χ1) is 12.4. The van der Waals surface area contributed by atoms with Gasteiger partial charge in [0.1, 0.15) is 11.8 Å². The van der Waals surface area contributed by atoms with Crippen LogP contribution in [0.15, 0.2) is 54.3 Å². The summed E-state index contributed by atoms with van der Waals surface area (Å²) in [6.45, 7) is -0.0111. The minimum atomic E-state index is -4.41. The Balaban J connectivity index is 0.00000210. The van der Waals surface area contributed by atoms with Crippen molar-refractivity contribution in [3.05, 3.63) is 71.0 Å². The quantitative estimate of drug-likeness (QED) is 0.798. The average molecular weight is 362 g/mol. The summed E-state index contributed by atoms with van der Waals surface area (Å²) in [6.07, 6.45) is -2.50. The minimum Gasteiger partial charge on any atom is -0.474 e. The number of carbonyl (C=O) groups is 1. The lowest BCUT2D eigenvalue weighted by Crippen LogP contribution is -2.51. The number of nitrogens with one attached hydrogen (secondary N) is 2. The zero-order valence-electron chi connectivity index (χ0n) is 14.4. The van der Waals surface area contributed by atoms with Gasteiger partial charge < -0.3 is 10.1 Å². The zero-order valence-corrected chi connectivity index (χ0v) is 13.4. The molecule has 1 fully saturated rings. The summed E-state index contributed by atoms with van der Waals surface area (Å²) >= 11 is 0. The van der Waals surface area contributed by atoms with Gasteiger partial charge >= 0.3 is 13.6 Å². The Bertz CT molecular complexity index is 884. The number of hydrazine groups is 1. The van der Waals surface area contributed by atoms with Gasteiger partial charge in [-0.2, -0.15) is 13.2 Å². The number of amides is 2. The molecule has 2 aromatic carbocycles. The number of halogens is 3. The van der Waals surface area contributed by atoms with Gasteiger partial charge in [-0.3, -0.25) is 0 Å². The van der Waals surface area contributed by atoms with E-state index in [0.717, 1.165) is 29.0 Å². The molecule has 1 unspecified atom stereocenters. The van der Waals surface area contributed by atoms with E-state index in [-0.39, 0.29) is 19.9 Å². The summed E-state index contributed by atoms with van der Waals surface area (Å²) in [5.74, 6) is 0.727. The molecule has 0 aromatic heterocycles. The third-order valence-corrected chi connectivity index (χ3v) is 4.24. The van der Waals surface area contributed by atoms with Crippen LogP contribution in [0.5, 0.6) is 0 Å². The lowest BCUT2D eigenvalue weighted by molar-refractivity contribution is -0.137. The van der Waals surface area contributed by atoms with E-state index in [9.17, 15) is 18.0 Å². The van der Waals surface area contributed by atoms with Crippen LogP contribution in [0.2, 0.25) is 0 Å². The molecule has 8 heteroatoms. The zero-order chi connectivity index (χ0) is 18.3. The molecule has 1 aliphatic heterocycles. The molecule has 5 nitrogen and oxygen atoms in total. The fourth-order valence-electron chi connectivity index (χ4n) is 2.94. The summed E-state index contributed by atoms with van der Waals surface area (Å²) in [6, 6.07) is 11.2. The number of carbonyl (C=O) groups excluding carboxylic acids is 1. The average Bonchev–Trinajstić information content (AvgIpc) is 2.99. The second-order valence-corrected chi connectivity index (χ2v) is 5.94. The number of hydrogen-bond acceptors (Lipinski definition) is 3. The molecule has 0 saturated carbocycles. The summed E-state index contributed by atoms with van der Waals surface area (Å²) in [5, 5.41) is 3.80. The van der Waals surface area contributed by atoms with Gasteiger partial charge in [0.05, 0.1) is 5.56 Å². The Hall–Kier alpha value is -3.00. The molecule has 134 valence electrons. The number of fused-ring (bicyclic) bond motifs is 3. The molecule has 4 rings (SSSR count). The van der Waals surface area contributed by atoms with Crippen molar-refractivity contribution in [2.24, 2.45) is 0 Å². The Morgan fingerprint density at radius 1 is 1.19 bits per heavy atom. The molecular formula is C18H15F3N3O2+. The number of hydrogen-bond donors (Lipinski definition) is 2. The number of alkyl halides is 3. The van der Waals surface area contributed by atoms with Crippen LogP contribution >= 0.6 is 0 Å². The van der Waals surface area contributed by atoms with Crippen LogP contribution in [-0.4, -0.2) is 17.8 Å². The Labute approximate surface area is 148 Å². The molecule has 1 atom stereocenters. The largest absolute Gasteiger partial charge is 1.00 e. The standard InChI is InChI=1S/C18H14F3N3O2/c19-18(20,21)12-5-7-13(8-6-12)22-17(25)24-10-26-15-9-11-3-1-2-4-14(11)16(15)23-24/h1-9,16,23H,10H2,(H,22,25)/p+1. The predicted octanol–water partition coefficient (Wildman–Crippen LogP) is 4.24. The van der Waals surface area contributed by atoms with E-state index in [2.05, 4.69) is 10.7 Å². The van der Waals surface area contributed by atoms with E-state index in [4.69, 9.17) is 4.74 Å². The van der Waals surface area contributed by atoms with Crippen molar-refractivity contribution in [1.29, 1.82) is 0 Å². The lowest BCUT2D eigenvalue weighted by Gasteiger charge is -2.34. The lowest BCUT2D eigenvalue weighted by atomic mass is 10.1. The van der Waals surface area contributed by atoms with Crippen molar-refractivity contribution in [3.63, 3.8) is 0 Å². The van der Waals surface area contributed by atoms with Crippen molar-refractivity contribution < 1.29 is 24.1 Å². The maximum Gasteiger partial charge on any atom is 1.00 e. The molecule has 1 aliphatic carbocycles. The van der Waals surface area contributed by atoms with Gasteiger partial charge in [-0.05, 0) is 41.5 Å². The van der Waals surface area contributed by atoms with Gasteiger partial charge in [-0.25, -0.2) is 15.2 Å². The molecular weight excluding hydrogens is 347 g/mol. The number of rotatable bonds is 1. The van der Waals surface area contributed by atoms with Gasteiger partial charge in [-0.15, -0.1) is 0 Å². The molecule has 2 amide bonds. The molecule has 26 heavy (non-hydrogen) atoms. The highest BCUT2D eigenvalue weighted by Gasteiger charge is 2.34. The highest BCUT2D eigenvalue weighted by molar-refractivity contribution is 5.89. The first-order valence-corrected chi connectivity index (χ1v) is 7.87. The molecule has 2 N–H and O–H groups in total. The number of nitrogens with zero attached hydrogens (tertiary/aromatic N) is 1. The normalized spacial score (nSPS) is 18.5. The summed E-state index contributed by atoms with van der Waals surface area (Å²) in [4.78, 5) is 12.4. The fourth-order valence-corrected chi connectivity index (χ4v) is 2.94. The molecule has 0 bridgehead atoms. The van der Waals surface area contributed by atoms with Crippen molar-refractivity contribution in [3.8, 4) is 0 Å². The van der Waals surface area contributed by atoms with Gasteiger partial charge in [0.2, 0.25) is 0 Å². The third kappa shape index (κ3) is 2.99. The number of anilines is 1. The Morgan fingerprint density at radius 3 is 2.65 bits per heavy atom. The second-order valence-electron chi connectivity index (χ2n) is 5.94. The van der Waals surface area contributed by atoms with Crippen molar-refractivity contribution >= 4 is 17.8 Å². The first-order valence-electron chi connectivity index (χ1n) is 7.87. The van der Waals surface area contributed by atoms with E-state index in [1.165, 1.54) is 17.1 Å². The van der Waals surface area contributed by atoms with Crippen LogP contribution < -0.4 is 10.7 Å². The van der Waals surface area contributed by atoms with E-state index in [0.29, 0.717) is 0 Å². The predicted molar refractivity (Wildman–Crippen MR) is 89.7 cm³/mol. The molecule has 1 heterocycles. The third-order valence-electron chi connectivity index (χ3n) is 4.24. The van der Waals surface area contributed by atoms with Gasteiger partial charge in [0.25, 0.3) is 0 Å². The van der Waals surface area contributed by atoms with Crippen LogP contribution in [-0.2, 0) is 10.9 Å². The van der Waals surface area contributed by atoms with Crippen molar-refractivity contribution in [2.45, 2.75) is 12.2 Å². The molecule has 0 radical (unpaired) electrons. The number of ether oxygens (including phenoxy) is 1. The number of benzene rings is 2. The molecule has 1 saturated heterocycles. The highest BCUT2D eigenvalue weighted by Crippen LogP contribution is 2.37. The minimum absolute atomic E-state index is 0. The second kappa shape index (κ2) is 6.06. The van der Waals surface area contributed by atoms with Crippen LogP contribution in [0.25, 0.3) is 6.08 Å². The van der Waals surface area contributed by atoms with Crippen LogP contribution in [0.3, 0.4) is 0 Å². The SMILES string of the molecule is O=C(Nc1ccc(C(F)(F)F)cc1)N1COC2=Cc3ccccc3C2N1.[H+]. The van der Waals surface area contributed by atoms with Crippen LogP contribution in [0, 0.1) is 0 Å². The van der Waals surface area contributed by atoms with E-state index >= 15 is 0 Å². The monoisotopic (exact) mass is 362 g/mol.